The molecule has 0 aliphatic carbocycles. The van der Waals surface area contributed by atoms with E-state index in [1.54, 1.807) is 11.8 Å². The van der Waals surface area contributed by atoms with E-state index in [-0.39, 0.29) is 0 Å². The summed E-state index contributed by atoms with van der Waals surface area (Å²) in [5.74, 6) is 1.93. The molecule has 0 radical (unpaired) electrons. The predicted octanol–water partition coefficient (Wildman–Crippen LogP) is 3.38. The average molecular weight is 260 g/mol. The van der Waals surface area contributed by atoms with Crippen LogP contribution in [-0.2, 0) is 0 Å². The maximum atomic E-state index is 4.35. The summed E-state index contributed by atoms with van der Waals surface area (Å²) >= 11 is 1.73. The maximum Gasteiger partial charge on any atom is 0.237 e. The van der Waals surface area contributed by atoms with Crippen molar-refractivity contribution in [3.63, 3.8) is 0 Å². The molecule has 0 atom stereocenters. The fourth-order valence-corrected chi connectivity index (χ4v) is 2.99. The molecule has 94 valence electrons. The van der Waals surface area contributed by atoms with E-state index < -0.39 is 0 Å². The third-order valence-corrected chi connectivity index (χ3v) is 3.81. The van der Waals surface area contributed by atoms with Crippen LogP contribution in [0.4, 0.5) is 0 Å². The van der Waals surface area contributed by atoms with Crippen molar-refractivity contribution in [2.24, 2.45) is 0 Å². The molecule has 0 aliphatic rings. The normalized spacial score (nSPS) is 12.0. The van der Waals surface area contributed by atoms with Gasteiger partial charge in [-0.25, -0.2) is 0 Å². The lowest BCUT2D eigenvalue weighted by Crippen LogP contribution is -2.00. The van der Waals surface area contributed by atoms with Gasteiger partial charge in [0, 0.05) is 6.04 Å². The first-order valence-corrected chi connectivity index (χ1v) is 7.19. The zero-order valence-electron chi connectivity index (χ0n) is 10.8. The van der Waals surface area contributed by atoms with Gasteiger partial charge in [-0.2, -0.15) is 0 Å². The lowest BCUT2D eigenvalue weighted by atomic mass is 10.3. The molecule has 1 aromatic carbocycles. The van der Waals surface area contributed by atoms with Gasteiger partial charge >= 0.3 is 0 Å². The summed E-state index contributed by atoms with van der Waals surface area (Å²) in [5.41, 5.74) is 2.40. The zero-order chi connectivity index (χ0) is 12.7. The predicted molar refractivity (Wildman–Crippen MR) is 75.3 cm³/mol. The molecule has 0 amide bonds. The van der Waals surface area contributed by atoms with Gasteiger partial charge in [0.25, 0.3) is 0 Å². The van der Waals surface area contributed by atoms with Gasteiger partial charge in [0.05, 0.1) is 11.0 Å². The molecule has 0 unspecified atom stereocenters. The fraction of sp³-hybridized carbons (Fsp3) is 0.385. The van der Waals surface area contributed by atoms with Crippen molar-refractivity contribution in [1.82, 2.24) is 19.2 Å². The molecule has 3 aromatic rings. The Bertz CT molecular complexity index is 695. The third kappa shape index (κ3) is 1.54. The molecule has 5 heteroatoms. The van der Waals surface area contributed by atoms with Gasteiger partial charge in [0.1, 0.15) is 0 Å². The lowest BCUT2D eigenvalue weighted by molar-refractivity contribution is 0.631. The van der Waals surface area contributed by atoms with E-state index in [9.17, 15) is 0 Å². The Morgan fingerprint density at radius 3 is 2.56 bits per heavy atom. The van der Waals surface area contributed by atoms with E-state index >= 15 is 0 Å². The molecular weight excluding hydrogens is 244 g/mol. The first kappa shape index (κ1) is 11.6. The third-order valence-electron chi connectivity index (χ3n) is 3.00. The minimum absolute atomic E-state index is 0.371. The van der Waals surface area contributed by atoms with Crippen LogP contribution in [0.5, 0.6) is 0 Å². The zero-order valence-corrected chi connectivity index (χ0v) is 11.6. The Morgan fingerprint density at radius 1 is 1.17 bits per heavy atom. The van der Waals surface area contributed by atoms with E-state index in [4.69, 9.17) is 0 Å². The highest BCUT2D eigenvalue weighted by molar-refractivity contribution is 7.99. The minimum atomic E-state index is 0.371. The number of fused-ring (bicyclic) bond motifs is 3. The summed E-state index contributed by atoms with van der Waals surface area (Å²) in [7, 11) is 0. The minimum Gasteiger partial charge on any atom is -0.306 e. The van der Waals surface area contributed by atoms with Crippen LogP contribution < -0.4 is 0 Å². The number of aromatic nitrogens is 4. The molecule has 0 saturated carbocycles. The largest absolute Gasteiger partial charge is 0.306 e. The second-order valence-electron chi connectivity index (χ2n) is 4.50. The molecule has 0 saturated heterocycles. The Labute approximate surface area is 110 Å². The molecule has 3 rings (SSSR count). The van der Waals surface area contributed by atoms with E-state index in [0.29, 0.717) is 6.04 Å². The standard InChI is InChI=1S/C13H16N4S/c1-4-18-13-15-14-12-16(9(2)3)10-7-5-6-8-11(10)17(12)13/h5-9H,4H2,1-3H3. The highest BCUT2D eigenvalue weighted by atomic mass is 32.2. The van der Waals surface area contributed by atoms with Gasteiger partial charge < -0.3 is 4.57 Å². The topological polar surface area (TPSA) is 35.1 Å². The smallest absolute Gasteiger partial charge is 0.237 e. The number of rotatable bonds is 3. The SMILES string of the molecule is CCSc1nnc2n(C(C)C)c3ccccc3n12. The van der Waals surface area contributed by atoms with Crippen molar-refractivity contribution >= 4 is 28.6 Å². The number of nitrogens with zero attached hydrogens (tertiary/aromatic N) is 4. The first-order chi connectivity index (χ1) is 8.74. The Balaban J connectivity index is 2.43. The van der Waals surface area contributed by atoms with Crippen LogP contribution >= 0.6 is 11.8 Å². The molecule has 2 heterocycles. The first-order valence-electron chi connectivity index (χ1n) is 6.21. The van der Waals surface area contributed by atoms with Crippen molar-refractivity contribution in [2.75, 3.05) is 5.75 Å². The second-order valence-corrected chi connectivity index (χ2v) is 5.73. The molecule has 2 aromatic heterocycles. The van der Waals surface area contributed by atoms with Crippen molar-refractivity contribution in [2.45, 2.75) is 32.0 Å². The van der Waals surface area contributed by atoms with Crippen LogP contribution in [0.1, 0.15) is 26.8 Å². The number of hydrogen-bond acceptors (Lipinski definition) is 3. The number of thioether (sulfide) groups is 1. The Morgan fingerprint density at radius 2 is 1.89 bits per heavy atom. The van der Waals surface area contributed by atoms with Gasteiger partial charge in [-0.05, 0) is 31.7 Å². The van der Waals surface area contributed by atoms with Crippen molar-refractivity contribution < 1.29 is 0 Å². The van der Waals surface area contributed by atoms with Gasteiger partial charge in [-0.15, -0.1) is 10.2 Å². The molecule has 0 spiro atoms. The van der Waals surface area contributed by atoms with Crippen LogP contribution in [0.2, 0.25) is 0 Å². The van der Waals surface area contributed by atoms with E-state index in [1.165, 1.54) is 11.0 Å². The van der Waals surface area contributed by atoms with Gasteiger partial charge in [-0.1, -0.05) is 30.8 Å². The Kier molecular flexibility index (Phi) is 2.78. The van der Waals surface area contributed by atoms with E-state index in [0.717, 1.165) is 16.7 Å². The Hall–Kier alpha value is -1.49. The van der Waals surface area contributed by atoms with Crippen molar-refractivity contribution in [1.29, 1.82) is 0 Å². The number of imidazole rings is 1. The number of benzene rings is 1. The summed E-state index contributed by atoms with van der Waals surface area (Å²) in [6.45, 7) is 6.48. The van der Waals surface area contributed by atoms with Gasteiger partial charge in [-0.3, -0.25) is 4.40 Å². The number of para-hydroxylation sites is 2. The molecule has 0 bridgehead atoms. The molecule has 18 heavy (non-hydrogen) atoms. The van der Waals surface area contributed by atoms with Crippen LogP contribution in [0.3, 0.4) is 0 Å². The summed E-state index contributed by atoms with van der Waals surface area (Å²) < 4.78 is 4.39. The summed E-state index contributed by atoms with van der Waals surface area (Å²) in [4.78, 5) is 0. The average Bonchev–Trinajstić information content (AvgIpc) is 2.88. The molecule has 0 fully saturated rings. The molecule has 0 aliphatic heterocycles. The number of hydrogen-bond donors (Lipinski definition) is 0. The maximum absolute atomic E-state index is 4.35. The van der Waals surface area contributed by atoms with Gasteiger partial charge in [0.2, 0.25) is 5.78 Å². The lowest BCUT2D eigenvalue weighted by Gasteiger charge is -2.07. The summed E-state index contributed by atoms with van der Waals surface area (Å²) in [5, 5.41) is 9.62. The van der Waals surface area contributed by atoms with Crippen molar-refractivity contribution in [3.8, 4) is 0 Å². The summed E-state index contributed by atoms with van der Waals surface area (Å²) in [6.07, 6.45) is 0. The fourth-order valence-electron chi connectivity index (χ4n) is 2.33. The quantitative estimate of drug-likeness (QED) is 0.677. The van der Waals surface area contributed by atoms with Crippen LogP contribution in [0, 0.1) is 0 Å². The van der Waals surface area contributed by atoms with Crippen LogP contribution in [0.15, 0.2) is 29.4 Å². The van der Waals surface area contributed by atoms with Crippen LogP contribution in [-0.4, -0.2) is 24.9 Å². The molecule has 4 nitrogen and oxygen atoms in total. The highest BCUT2D eigenvalue weighted by Crippen LogP contribution is 2.27. The van der Waals surface area contributed by atoms with Crippen molar-refractivity contribution in [3.05, 3.63) is 24.3 Å². The van der Waals surface area contributed by atoms with E-state index in [2.05, 4.69) is 64.2 Å². The molecular formula is C13H16N4S. The van der Waals surface area contributed by atoms with Gasteiger partial charge in [0.15, 0.2) is 5.16 Å². The molecule has 0 N–H and O–H groups in total. The monoisotopic (exact) mass is 260 g/mol. The summed E-state index contributed by atoms with van der Waals surface area (Å²) in [6, 6.07) is 8.78. The van der Waals surface area contributed by atoms with Crippen LogP contribution in [0.25, 0.3) is 16.8 Å². The highest BCUT2D eigenvalue weighted by Gasteiger charge is 2.17. The second kappa shape index (κ2) is 4.31. The van der Waals surface area contributed by atoms with E-state index in [1.807, 2.05) is 0 Å².